The average Bonchev–Trinajstić information content (AvgIpc) is 3.45. The molecule has 1 aliphatic rings. The number of hydrogen-bond donors (Lipinski definition) is 1. The van der Waals surface area contributed by atoms with E-state index >= 15 is 0 Å². The first-order valence-corrected chi connectivity index (χ1v) is 15.9. The van der Waals surface area contributed by atoms with Gasteiger partial charge in [0.15, 0.2) is 0 Å². The summed E-state index contributed by atoms with van der Waals surface area (Å²) in [4.78, 5) is 5.45. The third kappa shape index (κ3) is 5.08. The molecule has 2 nitrogen and oxygen atoms in total. The van der Waals surface area contributed by atoms with Crippen LogP contribution in [0.15, 0.2) is 28.6 Å². The molecule has 0 aliphatic heterocycles. The highest BCUT2D eigenvalue weighted by molar-refractivity contribution is 7.47. The van der Waals surface area contributed by atoms with Crippen LogP contribution in [0.1, 0.15) is 112 Å². The molecule has 4 rings (SSSR count). The zero-order valence-corrected chi connectivity index (χ0v) is 25.2. The number of nitrogen functional groups attached to an aromatic ring is 1. The van der Waals surface area contributed by atoms with Crippen LogP contribution in [0.25, 0.3) is 20.9 Å². The van der Waals surface area contributed by atoms with E-state index in [0.717, 1.165) is 28.9 Å². The lowest BCUT2D eigenvalue weighted by Crippen LogP contribution is -2.38. The number of unbranched alkanes of at least 4 members (excludes halogenated alkanes) is 5. The number of thiophene rings is 2. The molecule has 2 atom stereocenters. The summed E-state index contributed by atoms with van der Waals surface area (Å²) in [5.74, 6) is 0.666. The normalized spacial score (nSPS) is 18.8. The van der Waals surface area contributed by atoms with Crippen LogP contribution in [0.3, 0.4) is 0 Å². The van der Waals surface area contributed by atoms with Gasteiger partial charge in [-0.3, -0.25) is 0 Å². The van der Waals surface area contributed by atoms with E-state index in [1.807, 2.05) is 22.7 Å². The molecule has 2 unspecified atom stereocenters. The molecule has 0 fully saturated rings. The summed E-state index contributed by atoms with van der Waals surface area (Å²) >= 11 is 9.06. The Balaban J connectivity index is 1.63. The van der Waals surface area contributed by atoms with Crippen molar-refractivity contribution in [1.82, 2.24) is 0 Å². The minimum absolute atomic E-state index is 0.296. The average molecular weight is 539 g/mol. The van der Waals surface area contributed by atoms with Crippen LogP contribution >= 0.6 is 22.7 Å². The largest absolute Gasteiger partial charge is 0.396 e. The molecule has 0 amide bonds. The highest BCUT2D eigenvalue weighted by Gasteiger charge is 2.48. The summed E-state index contributed by atoms with van der Waals surface area (Å²) in [6.45, 7) is 11.6. The van der Waals surface area contributed by atoms with Gasteiger partial charge in [0.05, 0.1) is 5.69 Å². The Labute approximate surface area is 231 Å². The van der Waals surface area contributed by atoms with Gasteiger partial charge in [0.2, 0.25) is 0 Å². The Hall–Kier alpha value is -1.56. The molecule has 2 N–H and O–H groups in total. The molecule has 0 saturated carbocycles. The summed E-state index contributed by atoms with van der Waals surface area (Å²) in [6.07, 6.45) is 12.7. The number of nitrogens with zero attached hydrogens (tertiary/aromatic N) is 1. The van der Waals surface area contributed by atoms with Crippen LogP contribution in [0.2, 0.25) is 0 Å². The van der Waals surface area contributed by atoms with Crippen LogP contribution < -0.4 is 5.73 Å². The van der Waals surface area contributed by atoms with Gasteiger partial charge in [-0.05, 0) is 61.8 Å². The number of anilines is 1. The van der Waals surface area contributed by atoms with Gasteiger partial charge >= 0.3 is 0 Å². The van der Waals surface area contributed by atoms with Gasteiger partial charge in [-0.25, -0.2) is 0 Å². The van der Waals surface area contributed by atoms with E-state index in [1.165, 1.54) is 78.0 Å². The molecule has 2 heterocycles. The van der Waals surface area contributed by atoms with Gasteiger partial charge in [-0.1, -0.05) is 78.4 Å². The van der Waals surface area contributed by atoms with Crippen molar-refractivity contribution in [3.8, 4) is 20.9 Å². The van der Waals surface area contributed by atoms with Gasteiger partial charge in [-0.2, -0.15) is 4.36 Å². The number of nitrogens with two attached hydrogens (primary N) is 1. The lowest BCUT2D eigenvalue weighted by molar-refractivity contribution is 0.292. The van der Waals surface area contributed by atoms with Crippen molar-refractivity contribution in [1.29, 1.82) is 0 Å². The lowest BCUT2D eigenvalue weighted by atomic mass is 9.59. The molecule has 1 aromatic carbocycles. The van der Waals surface area contributed by atoms with Crippen LogP contribution in [0.4, 0.5) is 11.4 Å². The van der Waals surface area contributed by atoms with E-state index in [2.05, 4.69) is 63.2 Å². The summed E-state index contributed by atoms with van der Waals surface area (Å²) in [7, 11) is 0. The smallest absolute Gasteiger partial charge is 0.109 e. The number of aryl methyl sites for hydroxylation is 2. The molecule has 2 aromatic heterocycles. The molecule has 0 saturated heterocycles. The van der Waals surface area contributed by atoms with Crippen molar-refractivity contribution >= 4 is 46.5 Å². The zero-order valence-electron chi connectivity index (χ0n) is 22.7. The number of rotatable bonds is 13. The number of hydrogen-bond acceptors (Lipinski definition) is 5. The fourth-order valence-electron chi connectivity index (χ4n) is 5.91. The predicted octanol–water partition coefficient (Wildman–Crippen LogP) is 10.9. The maximum atomic E-state index is 6.76. The zero-order chi connectivity index (χ0) is 25.9. The molecule has 1 aliphatic carbocycles. The Bertz CT molecular complexity index is 1200. The highest BCUT2D eigenvalue weighted by Crippen LogP contribution is 2.61. The molecular formula is C31H42N2S3. The van der Waals surface area contributed by atoms with Gasteiger partial charge in [0.25, 0.3) is 0 Å². The predicted molar refractivity (Wildman–Crippen MR) is 164 cm³/mol. The van der Waals surface area contributed by atoms with Gasteiger partial charge in [0, 0.05) is 48.5 Å². The SMILES string of the molecule is CCCCCCc1cc(-c2ccc(-c3cc4c(s3)C(C)(CC)C4CCCCC)c(N=S)c2N)sc1C. The fourth-order valence-corrected chi connectivity index (χ4v) is 8.74. The van der Waals surface area contributed by atoms with Crippen molar-refractivity contribution in [2.24, 2.45) is 4.36 Å². The first kappa shape index (κ1) is 27.5. The Morgan fingerprint density at radius 1 is 0.944 bits per heavy atom. The highest BCUT2D eigenvalue weighted by atomic mass is 32.1. The molecule has 0 radical (unpaired) electrons. The molecule has 5 heteroatoms. The Morgan fingerprint density at radius 2 is 1.64 bits per heavy atom. The van der Waals surface area contributed by atoms with Crippen molar-refractivity contribution in [3.63, 3.8) is 0 Å². The second kappa shape index (κ2) is 11.9. The first-order valence-electron chi connectivity index (χ1n) is 13.9. The Kier molecular flexibility index (Phi) is 9.06. The second-order valence-electron chi connectivity index (χ2n) is 10.7. The van der Waals surface area contributed by atoms with E-state index in [4.69, 9.17) is 18.2 Å². The molecule has 0 spiro atoms. The molecule has 0 bridgehead atoms. The van der Waals surface area contributed by atoms with E-state index < -0.39 is 0 Å². The first-order chi connectivity index (χ1) is 17.4. The van der Waals surface area contributed by atoms with E-state index in [-0.39, 0.29) is 0 Å². The van der Waals surface area contributed by atoms with Gasteiger partial charge < -0.3 is 5.73 Å². The Morgan fingerprint density at radius 3 is 2.33 bits per heavy atom. The number of benzene rings is 1. The third-order valence-corrected chi connectivity index (χ3v) is 11.2. The molecule has 36 heavy (non-hydrogen) atoms. The van der Waals surface area contributed by atoms with Crippen molar-refractivity contribution in [2.75, 3.05) is 5.73 Å². The minimum Gasteiger partial charge on any atom is -0.396 e. The minimum atomic E-state index is 0.296. The van der Waals surface area contributed by atoms with E-state index in [1.54, 1.807) is 10.4 Å². The summed E-state index contributed by atoms with van der Waals surface area (Å²) in [5, 5.41) is 0. The maximum absolute atomic E-state index is 6.76. The van der Waals surface area contributed by atoms with Crippen LogP contribution in [-0.2, 0) is 24.3 Å². The molecule has 3 aromatic rings. The molecular weight excluding hydrogens is 497 g/mol. The van der Waals surface area contributed by atoms with Crippen LogP contribution in [-0.4, -0.2) is 0 Å². The maximum Gasteiger partial charge on any atom is 0.109 e. The third-order valence-electron chi connectivity index (χ3n) is 8.41. The standard InChI is InChI=1S/C31H42N2S3/c1-6-9-11-13-14-21-18-26(35-20(21)4)22-16-17-23(29(33-34)28(22)32)27-19-24-25(15-12-10-7-2)31(5,8-3)30(24)36-27/h16-19,25H,6-15,32H2,1-5H3. The van der Waals surface area contributed by atoms with Crippen LogP contribution in [0, 0.1) is 6.92 Å². The van der Waals surface area contributed by atoms with Crippen molar-refractivity contribution < 1.29 is 0 Å². The summed E-state index contributed by atoms with van der Waals surface area (Å²) < 4.78 is 4.30. The van der Waals surface area contributed by atoms with E-state index in [0.29, 0.717) is 11.3 Å². The summed E-state index contributed by atoms with van der Waals surface area (Å²) in [5.41, 5.74) is 13.7. The van der Waals surface area contributed by atoms with Gasteiger partial charge in [-0.15, -0.1) is 22.7 Å². The topological polar surface area (TPSA) is 38.4 Å². The monoisotopic (exact) mass is 538 g/mol. The lowest BCUT2D eigenvalue weighted by Gasteiger charge is -2.47. The fraction of sp³-hybridized carbons (Fsp3) is 0.548. The van der Waals surface area contributed by atoms with E-state index in [9.17, 15) is 0 Å². The quantitative estimate of drug-likeness (QED) is 0.174. The van der Waals surface area contributed by atoms with Crippen molar-refractivity contribution in [3.05, 3.63) is 45.1 Å². The second-order valence-corrected chi connectivity index (χ2v) is 13.2. The summed E-state index contributed by atoms with van der Waals surface area (Å²) in [6, 6.07) is 9.15. The van der Waals surface area contributed by atoms with Gasteiger partial charge in [0.1, 0.15) is 5.69 Å². The van der Waals surface area contributed by atoms with Crippen molar-refractivity contribution in [2.45, 2.75) is 110 Å². The number of fused-ring (bicyclic) bond motifs is 1. The molecule has 194 valence electrons. The van der Waals surface area contributed by atoms with Crippen LogP contribution in [0.5, 0.6) is 0 Å².